The Morgan fingerprint density at radius 2 is 2.05 bits per heavy atom. The topological polar surface area (TPSA) is 106 Å². The number of fused-ring (bicyclic) bond motifs is 1. The summed E-state index contributed by atoms with van der Waals surface area (Å²) >= 11 is 5.83. The van der Waals surface area contributed by atoms with Gasteiger partial charge in [0.2, 0.25) is 0 Å². The number of phenols is 1. The van der Waals surface area contributed by atoms with Gasteiger partial charge in [0.25, 0.3) is 5.91 Å². The molecule has 2 saturated heterocycles. The zero-order chi connectivity index (χ0) is 27.2. The number of piperidine rings is 1. The van der Waals surface area contributed by atoms with Gasteiger partial charge in [0.15, 0.2) is 0 Å². The molecular formula is C26H27ClF2N4O5. The van der Waals surface area contributed by atoms with Gasteiger partial charge in [-0.2, -0.15) is 13.9 Å². The molecule has 1 atom stereocenters. The molecule has 12 heteroatoms. The normalized spacial score (nSPS) is 16.4. The fraction of sp³-hybridized carbons (Fsp3) is 0.346. The highest BCUT2D eigenvalue weighted by Crippen LogP contribution is 2.36. The Hall–Kier alpha value is -3.86. The van der Waals surface area contributed by atoms with Crippen LogP contribution >= 0.6 is 11.6 Å². The predicted octanol–water partition coefficient (Wildman–Crippen LogP) is 5.23. The number of nitrogens with one attached hydrogen (secondary N) is 1. The third kappa shape index (κ3) is 6.34. The van der Waals surface area contributed by atoms with Crippen LogP contribution in [0.25, 0.3) is 11.1 Å². The fourth-order valence-corrected chi connectivity index (χ4v) is 4.40. The lowest BCUT2D eigenvalue weighted by Crippen LogP contribution is -2.37. The molecule has 0 saturated carbocycles. The van der Waals surface area contributed by atoms with Gasteiger partial charge < -0.3 is 24.8 Å². The number of nitrogens with zero attached hydrogens (tertiary/aromatic N) is 3. The van der Waals surface area contributed by atoms with E-state index in [0.717, 1.165) is 31.1 Å². The van der Waals surface area contributed by atoms with Crippen LogP contribution in [0.2, 0.25) is 5.02 Å². The lowest BCUT2D eigenvalue weighted by molar-refractivity contribution is 0.0566. The van der Waals surface area contributed by atoms with E-state index in [2.05, 4.69) is 10.4 Å². The molecule has 2 fully saturated rings. The Balaban J connectivity index is 0.000000278. The number of methoxy groups -OCH3 is 1. The summed E-state index contributed by atoms with van der Waals surface area (Å²) in [5, 5.41) is 17.2. The standard InChI is InChI=1S/C19H16ClF2N3O3.C7H11NO2/c1-28-17-7-14(12-9-24-25(10-12)19(21)22)16(26)6-15(17)18(27)23-8-11-2-4-13(20)5-3-11;9-7-8-4-2-1-3-6(8)5-10-7/h2-7,9-10,19,26H,8H2,1H3,(H,23,27);6H,1-5H2. The van der Waals surface area contributed by atoms with Gasteiger partial charge >= 0.3 is 12.6 Å². The van der Waals surface area contributed by atoms with E-state index in [1.165, 1.54) is 31.9 Å². The van der Waals surface area contributed by atoms with Crippen molar-refractivity contribution >= 4 is 23.6 Å². The molecule has 0 aliphatic carbocycles. The number of cyclic esters (lactones) is 1. The van der Waals surface area contributed by atoms with Crippen molar-refractivity contribution in [2.75, 3.05) is 20.3 Å². The molecule has 3 heterocycles. The lowest BCUT2D eigenvalue weighted by atomic mass is 10.0. The number of ether oxygens (including phenoxy) is 2. The minimum Gasteiger partial charge on any atom is -0.507 e. The van der Waals surface area contributed by atoms with E-state index in [-0.39, 0.29) is 40.8 Å². The van der Waals surface area contributed by atoms with Crippen molar-refractivity contribution in [3.05, 3.63) is 64.9 Å². The van der Waals surface area contributed by atoms with Gasteiger partial charge in [0.05, 0.1) is 24.9 Å². The fourth-order valence-electron chi connectivity index (χ4n) is 4.27. The summed E-state index contributed by atoms with van der Waals surface area (Å²) in [6, 6.07) is 10.0. The largest absolute Gasteiger partial charge is 0.507 e. The maximum absolute atomic E-state index is 12.7. The maximum atomic E-state index is 12.7. The smallest absolute Gasteiger partial charge is 0.410 e. The van der Waals surface area contributed by atoms with Gasteiger partial charge in [-0.05, 0) is 49.1 Å². The molecule has 0 radical (unpaired) electrons. The van der Waals surface area contributed by atoms with Crippen molar-refractivity contribution in [1.82, 2.24) is 20.0 Å². The Labute approximate surface area is 222 Å². The molecule has 2 amide bonds. The van der Waals surface area contributed by atoms with Crippen molar-refractivity contribution in [3.8, 4) is 22.6 Å². The molecule has 3 aromatic rings. The Kier molecular flexibility index (Phi) is 8.67. The molecule has 2 aliphatic heterocycles. The maximum Gasteiger partial charge on any atom is 0.410 e. The monoisotopic (exact) mass is 548 g/mol. The minimum absolute atomic E-state index is 0.107. The van der Waals surface area contributed by atoms with Crippen LogP contribution in [-0.2, 0) is 11.3 Å². The van der Waals surface area contributed by atoms with E-state index in [4.69, 9.17) is 21.1 Å². The van der Waals surface area contributed by atoms with E-state index in [9.17, 15) is 23.5 Å². The quantitative estimate of drug-likeness (QED) is 0.437. The van der Waals surface area contributed by atoms with Crippen LogP contribution in [0.4, 0.5) is 13.6 Å². The number of phenolic OH excluding ortho intramolecular Hbond substituents is 1. The molecule has 2 aliphatic rings. The summed E-state index contributed by atoms with van der Waals surface area (Å²) in [7, 11) is 1.37. The number of alkyl halides is 2. The second-order valence-corrected chi connectivity index (χ2v) is 9.22. The first-order chi connectivity index (χ1) is 18.3. The molecular weight excluding hydrogens is 522 g/mol. The van der Waals surface area contributed by atoms with E-state index >= 15 is 0 Å². The first-order valence-electron chi connectivity index (χ1n) is 12.0. The SMILES string of the molecule is COc1cc(-c2cnn(C(F)F)c2)c(O)cc1C(=O)NCc1ccc(Cl)cc1.O=C1OCC2CCCCN12. The second-order valence-electron chi connectivity index (χ2n) is 8.79. The summed E-state index contributed by atoms with van der Waals surface area (Å²) in [5.74, 6) is -0.533. The van der Waals surface area contributed by atoms with E-state index < -0.39 is 12.5 Å². The number of rotatable bonds is 6. The number of hydrogen-bond acceptors (Lipinski definition) is 6. The molecule has 202 valence electrons. The third-order valence-electron chi connectivity index (χ3n) is 6.30. The molecule has 38 heavy (non-hydrogen) atoms. The van der Waals surface area contributed by atoms with Gasteiger partial charge in [-0.15, -0.1) is 0 Å². The van der Waals surface area contributed by atoms with Crippen LogP contribution in [0.15, 0.2) is 48.8 Å². The number of carbonyl (C=O) groups is 2. The van der Waals surface area contributed by atoms with Crippen LogP contribution in [-0.4, -0.2) is 58.1 Å². The molecule has 2 N–H and O–H groups in total. The highest BCUT2D eigenvalue weighted by atomic mass is 35.5. The van der Waals surface area contributed by atoms with Crippen LogP contribution in [0.3, 0.4) is 0 Å². The molecule has 2 aromatic carbocycles. The van der Waals surface area contributed by atoms with Crippen LogP contribution in [0.5, 0.6) is 11.5 Å². The number of aromatic hydroxyl groups is 1. The van der Waals surface area contributed by atoms with Crippen LogP contribution < -0.4 is 10.1 Å². The van der Waals surface area contributed by atoms with E-state index in [1.54, 1.807) is 24.3 Å². The van der Waals surface area contributed by atoms with Crippen LogP contribution in [0.1, 0.15) is 41.7 Å². The number of benzene rings is 2. The summed E-state index contributed by atoms with van der Waals surface area (Å²) in [5.41, 5.74) is 1.44. The highest BCUT2D eigenvalue weighted by molar-refractivity contribution is 6.30. The van der Waals surface area contributed by atoms with Crippen LogP contribution in [0, 0.1) is 0 Å². The number of hydrogen-bond donors (Lipinski definition) is 2. The zero-order valence-electron chi connectivity index (χ0n) is 20.6. The average molecular weight is 549 g/mol. The first-order valence-corrected chi connectivity index (χ1v) is 12.3. The van der Waals surface area contributed by atoms with Gasteiger partial charge in [-0.3, -0.25) is 4.79 Å². The predicted molar refractivity (Wildman–Crippen MR) is 135 cm³/mol. The molecule has 9 nitrogen and oxygen atoms in total. The van der Waals surface area contributed by atoms with Crippen molar-refractivity contribution in [2.45, 2.75) is 38.4 Å². The summed E-state index contributed by atoms with van der Waals surface area (Å²) in [6.45, 7) is -1.01. The van der Waals surface area contributed by atoms with E-state index in [1.807, 2.05) is 4.90 Å². The number of amides is 2. The van der Waals surface area contributed by atoms with Gasteiger partial charge in [-0.1, -0.05) is 23.7 Å². The average Bonchev–Trinajstić information content (AvgIpc) is 3.56. The lowest BCUT2D eigenvalue weighted by Gasteiger charge is -2.25. The van der Waals surface area contributed by atoms with Crippen molar-refractivity contribution in [3.63, 3.8) is 0 Å². The van der Waals surface area contributed by atoms with Crippen molar-refractivity contribution < 1.29 is 33.0 Å². The van der Waals surface area contributed by atoms with Crippen molar-refractivity contribution in [1.29, 1.82) is 0 Å². The van der Waals surface area contributed by atoms with E-state index in [0.29, 0.717) is 22.4 Å². The van der Waals surface area contributed by atoms with Gasteiger partial charge in [0, 0.05) is 35.4 Å². The minimum atomic E-state index is -2.80. The Morgan fingerprint density at radius 1 is 1.29 bits per heavy atom. The molecule has 0 bridgehead atoms. The number of aromatic nitrogens is 2. The molecule has 1 aromatic heterocycles. The zero-order valence-corrected chi connectivity index (χ0v) is 21.3. The van der Waals surface area contributed by atoms with Crippen molar-refractivity contribution in [2.24, 2.45) is 0 Å². The summed E-state index contributed by atoms with van der Waals surface area (Å²) in [6.07, 6.45) is 5.71. The first kappa shape index (κ1) is 27.2. The Morgan fingerprint density at radius 3 is 2.71 bits per heavy atom. The molecule has 0 spiro atoms. The van der Waals surface area contributed by atoms with Gasteiger partial charge in [0.1, 0.15) is 18.1 Å². The highest BCUT2D eigenvalue weighted by Gasteiger charge is 2.34. The second kappa shape index (κ2) is 12.1. The third-order valence-corrected chi connectivity index (χ3v) is 6.55. The molecule has 5 rings (SSSR count). The summed E-state index contributed by atoms with van der Waals surface area (Å²) < 4.78 is 36.0. The number of halogens is 3. The van der Waals surface area contributed by atoms with Gasteiger partial charge in [-0.25, -0.2) is 9.48 Å². The summed E-state index contributed by atoms with van der Waals surface area (Å²) in [4.78, 5) is 25.3. The Bertz CT molecular complexity index is 1290. The number of carbonyl (C=O) groups excluding carboxylic acids is 2. The molecule has 1 unspecified atom stereocenters.